The van der Waals surface area contributed by atoms with Crippen molar-refractivity contribution in [3.05, 3.63) is 18.0 Å². The molecule has 1 amide bonds. The summed E-state index contributed by atoms with van der Waals surface area (Å²) in [7, 11) is 0. The number of likely N-dealkylation sites (tertiary alicyclic amines) is 1. The number of piperidine rings is 1. The van der Waals surface area contributed by atoms with Crippen LogP contribution in [0.1, 0.15) is 44.6 Å². The number of nitrogens with one attached hydrogen (secondary N) is 1. The highest BCUT2D eigenvalue weighted by Crippen LogP contribution is 2.32. The Balaban J connectivity index is 1.74. The highest BCUT2D eigenvalue weighted by Gasteiger charge is 2.43. The topological polar surface area (TPSA) is 50.2 Å². The van der Waals surface area contributed by atoms with Crippen LogP contribution in [-0.2, 0) is 11.3 Å². The van der Waals surface area contributed by atoms with Gasteiger partial charge in [-0.05, 0) is 51.6 Å². The predicted octanol–water partition coefficient (Wildman–Crippen LogP) is 1.71. The molecule has 2 saturated heterocycles. The van der Waals surface area contributed by atoms with E-state index in [1.165, 1.54) is 19.3 Å². The lowest BCUT2D eigenvalue weighted by molar-refractivity contribution is -0.138. The van der Waals surface area contributed by atoms with Crippen molar-refractivity contribution in [2.24, 2.45) is 0 Å². The van der Waals surface area contributed by atoms with Crippen molar-refractivity contribution < 1.29 is 4.79 Å². The highest BCUT2D eigenvalue weighted by molar-refractivity contribution is 5.76. The van der Waals surface area contributed by atoms with Gasteiger partial charge in [-0.15, -0.1) is 0 Å². The van der Waals surface area contributed by atoms with Gasteiger partial charge in [-0.2, -0.15) is 5.10 Å². The Morgan fingerprint density at radius 2 is 2.33 bits per heavy atom. The summed E-state index contributed by atoms with van der Waals surface area (Å²) in [6, 6.07) is 0.331. The Hall–Kier alpha value is -1.36. The van der Waals surface area contributed by atoms with E-state index in [1.807, 2.05) is 13.1 Å². The van der Waals surface area contributed by atoms with E-state index in [-0.39, 0.29) is 11.4 Å². The summed E-state index contributed by atoms with van der Waals surface area (Å²) in [5, 5.41) is 7.94. The third-order valence-corrected chi connectivity index (χ3v) is 5.02. The molecule has 2 aliphatic rings. The third kappa shape index (κ3) is 2.98. The fourth-order valence-corrected chi connectivity index (χ4v) is 3.88. The molecule has 1 N–H and O–H groups in total. The smallest absolute Gasteiger partial charge is 0.244 e. The Morgan fingerprint density at radius 3 is 3.10 bits per heavy atom. The fraction of sp³-hybridized carbons (Fsp3) is 0.750. The van der Waals surface area contributed by atoms with Crippen molar-refractivity contribution in [3.8, 4) is 0 Å². The molecule has 5 heteroatoms. The summed E-state index contributed by atoms with van der Waals surface area (Å²) in [4.78, 5) is 14.8. The summed E-state index contributed by atoms with van der Waals surface area (Å²) in [5.74, 6) is 0.206. The average Bonchev–Trinajstić information content (AvgIpc) is 2.74. The monoisotopic (exact) mass is 290 g/mol. The Labute approximate surface area is 126 Å². The van der Waals surface area contributed by atoms with E-state index < -0.39 is 0 Å². The van der Waals surface area contributed by atoms with Gasteiger partial charge in [0, 0.05) is 24.3 Å². The molecule has 0 aliphatic carbocycles. The summed E-state index contributed by atoms with van der Waals surface area (Å²) in [6.45, 7) is 6.62. The van der Waals surface area contributed by atoms with E-state index in [1.54, 1.807) is 10.9 Å². The molecule has 5 nitrogen and oxygen atoms in total. The standard InChI is InChI=1S/C16H26N4O/c1-13-10-18-19(11-13)12-15(21)20-9-5-7-16(2)14(20)6-3-4-8-17-16/h10-11,14,17H,3-9,12H2,1-2H3/t14-,16-/m0/s1. The molecule has 0 radical (unpaired) electrons. The van der Waals surface area contributed by atoms with E-state index >= 15 is 0 Å². The minimum atomic E-state index is 0.0877. The maximum absolute atomic E-state index is 12.7. The van der Waals surface area contributed by atoms with Crippen LogP contribution in [0.15, 0.2) is 12.4 Å². The molecular weight excluding hydrogens is 264 g/mol. The lowest BCUT2D eigenvalue weighted by Crippen LogP contribution is -2.63. The van der Waals surface area contributed by atoms with Crippen LogP contribution in [0.4, 0.5) is 0 Å². The first-order chi connectivity index (χ1) is 10.1. The molecule has 0 saturated carbocycles. The van der Waals surface area contributed by atoms with Gasteiger partial charge in [0.15, 0.2) is 0 Å². The average molecular weight is 290 g/mol. The number of hydrogen-bond donors (Lipinski definition) is 1. The Morgan fingerprint density at radius 1 is 1.48 bits per heavy atom. The molecule has 116 valence electrons. The van der Waals surface area contributed by atoms with Crippen LogP contribution in [0.5, 0.6) is 0 Å². The number of carbonyl (C=O) groups excluding carboxylic acids is 1. The van der Waals surface area contributed by atoms with E-state index in [9.17, 15) is 4.79 Å². The maximum Gasteiger partial charge on any atom is 0.244 e. The molecule has 21 heavy (non-hydrogen) atoms. The van der Waals surface area contributed by atoms with Crippen LogP contribution in [0.25, 0.3) is 0 Å². The Kier molecular flexibility index (Phi) is 4.02. The molecule has 2 atom stereocenters. The number of fused-ring (bicyclic) bond motifs is 1. The zero-order valence-corrected chi connectivity index (χ0v) is 13.1. The number of nitrogens with zero attached hydrogens (tertiary/aromatic N) is 3. The van der Waals surface area contributed by atoms with Crippen LogP contribution >= 0.6 is 0 Å². The van der Waals surface area contributed by atoms with Crippen LogP contribution in [0.2, 0.25) is 0 Å². The van der Waals surface area contributed by atoms with Crippen molar-refractivity contribution in [1.29, 1.82) is 0 Å². The second-order valence-electron chi connectivity index (χ2n) is 6.76. The molecule has 0 aromatic carbocycles. The predicted molar refractivity (Wildman–Crippen MR) is 82.0 cm³/mol. The molecule has 1 aromatic heterocycles. The molecule has 2 fully saturated rings. The number of rotatable bonds is 2. The molecule has 3 heterocycles. The summed E-state index contributed by atoms with van der Waals surface area (Å²) < 4.78 is 1.76. The zero-order chi connectivity index (χ0) is 14.9. The lowest BCUT2D eigenvalue weighted by atomic mass is 9.81. The summed E-state index contributed by atoms with van der Waals surface area (Å²) >= 11 is 0. The number of hydrogen-bond acceptors (Lipinski definition) is 3. The maximum atomic E-state index is 12.7. The minimum absolute atomic E-state index is 0.0877. The minimum Gasteiger partial charge on any atom is -0.336 e. The largest absolute Gasteiger partial charge is 0.336 e. The van der Waals surface area contributed by atoms with Crippen LogP contribution in [0, 0.1) is 6.92 Å². The van der Waals surface area contributed by atoms with Crippen molar-refractivity contribution >= 4 is 5.91 Å². The van der Waals surface area contributed by atoms with Gasteiger partial charge in [0.1, 0.15) is 6.54 Å². The number of aryl methyl sites for hydroxylation is 1. The van der Waals surface area contributed by atoms with E-state index in [0.29, 0.717) is 12.6 Å². The first-order valence-electron chi connectivity index (χ1n) is 8.12. The van der Waals surface area contributed by atoms with E-state index in [0.717, 1.165) is 31.5 Å². The summed E-state index contributed by atoms with van der Waals surface area (Å²) in [5.41, 5.74) is 1.19. The van der Waals surface area contributed by atoms with Crippen LogP contribution in [-0.4, -0.2) is 45.3 Å². The quantitative estimate of drug-likeness (QED) is 0.902. The second-order valence-corrected chi connectivity index (χ2v) is 6.76. The van der Waals surface area contributed by atoms with Gasteiger partial charge in [0.05, 0.1) is 6.20 Å². The zero-order valence-electron chi connectivity index (χ0n) is 13.1. The van der Waals surface area contributed by atoms with Crippen molar-refractivity contribution in [1.82, 2.24) is 20.0 Å². The third-order valence-electron chi connectivity index (χ3n) is 5.02. The number of aromatic nitrogens is 2. The van der Waals surface area contributed by atoms with Gasteiger partial charge in [-0.1, -0.05) is 6.42 Å². The van der Waals surface area contributed by atoms with Crippen LogP contribution in [0.3, 0.4) is 0 Å². The SMILES string of the molecule is Cc1cnn(CC(=O)N2CCC[C@]3(C)NCCCC[C@H]23)c1. The fourth-order valence-electron chi connectivity index (χ4n) is 3.88. The second kappa shape index (κ2) is 5.79. The molecule has 0 bridgehead atoms. The van der Waals surface area contributed by atoms with Gasteiger partial charge in [0.25, 0.3) is 0 Å². The first-order valence-corrected chi connectivity index (χ1v) is 8.12. The van der Waals surface area contributed by atoms with Crippen molar-refractivity contribution in [3.63, 3.8) is 0 Å². The van der Waals surface area contributed by atoms with Gasteiger partial charge < -0.3 is 10.2 Å². The lowest BCUT2D eigenvalue weighted by Gasteiger charge is -2.48. The molecule has 3 rings (SSSR count). The van der Waals surface area contributed by atoms with E-state index in [2.05, 4.69) is 22.2 Å². The van der Waals surface area contributed by atoms with E-state index in [4.69, 9.17) is 0 Å². The van der Waals surface area contributed by atoms with Gasteiger partial charge in [0.2, 0.25) is 5.91 Å². The molecule has 1 aromatic rings. The van der Waals surface area contributed by atoms with Gasteiger partial charge in [-0.3, -0.25) is 9.48 Å². The molecule has 0 spiro atoms. The number of amides is 1. The normalized spacial score (nSPS) is 29.8. The first kappa shape index (κ1) is 14.6. The van der Waals surface area contributed by atoms with Crippen molar-refractivity contribution in [2.75, 3.05) is 13.1 Å². The highest BCUT2D eigenvalue weighted by atomic mass is 16.2. The van der Waals surface area contributed by atoms with Crippen LogP contribution < -0.4 is 5.32 Å². The Bertz CT molecular complexity index is 512. The molecule has 0 unspecified atom stereocenters. The summed E-state index contributed by atoms with van der Waals surface area (Å²) in [6.07, 6.45) is 9.54. The van der Waals surface area contributed by atoms with Gasteiger partial charge in [-0.25, -0.2) is 0 Å². The van der Waals surface area contributed by atoms with Crippen molar-refractivity contribution in [2.45, 2.75) is 64.1 Å². The molecule has 2 aliphatic heterocycles. The number of carbonyl (C=O) groups is 1. The van der Waals surface area contributed by atoms with Gasteiger partial charge >= 0.3 is 0 Å². The molecular formula is C16H26N4O.